The van der Waals surface area contributed by atoms with Crippen molar-refractivity contribution in [2.75, 3.05) is 25.5 Å². The van der Waals surface area contributed by atoms with Gasteiger partial charge in [-0.25, -0.2) is 4.98 Å². The summed E-state index contributed by atoms with van der Waals surface area (Å²) < 4.78 is 0. The number of hydrogen-bond donors (Lipinski definition) is 0. The third kappa shape index (κ3) is 4.32. The van der Waals surface area contributed by atoms with Crippen LogP contribution in [0.2, 0.25) is 0 Å². The lowest BCUT2D eigenvalue weighted by Crippen LogP contribution is -2.28. The molecular formula is C23H22N4OS2. The molecule has 1 aliphatic heterocycles. The van der Waals surface area contributed by atoms with Crippen molar-refractivity contribution < 1.29 is 4.79 Å². The van der Waals surface area contributed by atoms with E-state index in [1.54, 1.807) is 4.90 Å². The van der Waals surface area contributed by atoms with Crippen LogP contribution < -0.4 is 4.90 Å². The average molecular weight is 435 g/mol. The fourth-order valence-electron chi connectivity index (χ4n) is 3.03. The smallest absolute Gasteiger partial charge is 0.266 e. The summed E-state index contributed by atoms with van der Waals surface area (Å²) in [7, 11) is 4.01. The van der Waals surface area contributed by atoms with Crippen molar-refractivity contribution >= 4 is 51.1 Å². The van der Waals surface area contributed by atoms with Gasteiger partial charge in [0.1, 0.15) is 0 Å². The van der Waals surface area contributed by atoms with Crippen LogP contribution in [-0.4, -0.2) is 41.6 Å². The van der Waals surface area contributed by atoms with Crippen LogP contribution in [0.5, 0.6) is 0 Å². The summed E-state index contributed by atoms with van der Waals surface area (Å²) in [4.78, 5) is 26.6. The molecule has 5 nitrogen and oxygen atoms in total. The van der Waals surface area contributed by atoms with Gasteiger partial charge in [-0.3, -0.25) is 9.69 Å². The largest absolute Gasteiger partial charge is 0.378 e. The molecule has 1 saturated heterocycles. The van der Waals surface area contributed by atoms with E-state index in [-0.39, 0.29) is 5.91 Å². The molecule has 2 aromatic carbocycles. The summed E-state index contributed by atoms with van der Waals surface area (Å²) in [5.74, 6) is -0.0159. The molecule has 3 aromatic rings. The fraction of sp³-hybridized carbons (Fsp3) is 0.174. The highest BCUT2D eigenvalue weighted by Crippen LogP contribution is 2.35. The predicted octanol–water partition coefficient (Wildman–Crippen LogP) is 5.50. The van der Waals surface area contributed by atoms with Gasteiger partial charge in [-0.1, -0.05) is 42.5 Å². The summed E-state index contributed by atoms with van der Waals surface area (Å²) in [6, 6.07) is 18.2. The highest BCUT2D eigenvalue weighted by molar-refractivity contribution is 8.18. The zero-order valence-electron chi connectivity index (χ0n) is 17.1. The van der Waals surface area contributed by atoms with Crippen LogP contribution in [0.3, 0.4) is 0 Å². The molecule has 0 aliphatic carbocycles. The standard InChI is InChI=1S/C23H22N4OS2/c1-4-27-21(28)20(14-16-10-12-18(13-11-16)26(2)3)30-23(27)25-22-24-19(15-29-22)17-8-6-5-7-9-17/h5-15H,4H2,1-3H3/b20-14-,25-23+. The van der Waals surface area contributed by atoms with Crippen molar-refractivity contribution in [2.45, 2.75) is 6.92 Å². The Balaban J connectivity index is 1.59. The fourth-order valence-corrected chi connectivity index (χ4v) is 4.83. The van der Waals surface area contributed by atoms with E-state index in [0.717, 1.165) is 22.5 Å². The van der Waals surface area contributed by atoms with Crippen LogP contribution in [0.25, 0.3) is 17.3 Å². The van der Waals surface area contributed by atoms with Gasteiger partial charge in [0.05, 0.1) is 10.6 Å². The number of nitrogens with zero attached hydrogens (tertiary/aromatic N) is 4. The Labute approximate surface area is 184 Å². The van der Waals surface area contributed by atoms with E-state index in [9.17, 15) is 4.79 Å². The molecule has 2 heterocycles. The number of likely N-dealkylation sites (N-methyl/N-ethyl adjacent to an activating group) is 1. The highest BCUT2D eigenvalue weighted by atomic mass is 32.2. The van der Waals surface area contributed by atoms with E-state index in [1.165, 1.54) is 23.1 Å². The molecule has 0 unspecified atom stereocenters. The van der Waals surface area contributed by atoms with Crippen molar-refractivity contribution in [2.24, 2.45) is 4.99 Å². The Hall–Kier alpha value is -2.90. The molecule has 0 radical (unpaired) electrons. The molecule has 4 rings (SSSR count). The van der Waals surface area contributed by atoms with Crippen molar-refractivity contribution in [3.63, 3.8) is 0 Å². The number of benzene rings is 2. The molecule has 0 N–H and O–H groups in total. The van der Waals surface area contributed by atoms with Crippen LogP contribution in [0.15, 0.2) is 69.9 Å². The maximum atomic E-state index is 12.9. The number of amides is 1. The lowest BCUT2D eigenvalue weighted by Gasteiger charge is -2.12. The van der Waals surface area contributed by atoms with E-state index in [2.05, 4.69) is 9.98 Å². The third-order valence-corrected chi connectivity index (χ3v) is 6.41. The number of carbonyl (C=O) groups excluding carboxylic acids is 1. The average Bonchev–Trinajstić information content (AvgIpc) is 3.34. The van der Waals surface area contributed by atoms with Gasteiger partial charge in [0.15, 0.2) is 5.17 Å². The number of rotatable bonds is 5. The van der Waals surface area contributed by atoms with Gasteiger partial charge in [0, 0.05) is 37.3 Å². The molecule has 0 bridgehead atoms. The number of thioether (sulfide) groups is 1. The maximum absolute atomic E-state index is 12.9. The minimum Gasteiger partial charge on any atom is -0.378 e. The zero-order valence-corrected chi connectivity index (χ0v) is 18.7. The van der Waals surface area contributed by atoms with E-state index >= 15 is 0 Å². The summed E-state index contributed by atoms with van der Waals surface area (Å²) >= 11 is 2.88. The van der Waals surface area contributed by atoms with Gasteiger partial charge in [-0.15, -0.1) is 11.3 Å². The second-order valence-corrected chi connectivity index (χ2v) is 8.77. The Bertz CT molecular complexity index is 1100. The first kappa shape index (κ1) is 20.4. The topological polar surface area (TPSA) is 48.8 Å². The van der Waals surface area contributed by atoms with Gasteiger partial charge >= 0.3 is 0 Å². The second-order valence-electron chi connectivity index (χ2n) is 6.92. The van der Waals surface area contributed by atoms with Crippen molar-refractivity contribution in [3.8, 4) is 11.3 Å². The summed E-state index contributed by atoms with van der Waals surface area (Å²) in [5, 5.41) is 3.32. The van der Waals surface area contributed by atoms with Crippen molar-refractivity contribution in [1.29, 1.82) is 0 Å². The first-order valence-corrected chi connectivity index (χ1v) is 11.3. The van der Waals surface area contributed by atoms with E-state index in [4.69, 9.17) is 0 Å². The van der Waals surface area contributed by atoms with Gasteiger partial charge in [-0.05, 0) is 42.5 Å². The van der Waals surface area contributed by atoms with Crippen LogP contribution in [0.1, 0.15) is 12.5 Å². The molecule has 0 atom stereocenters. The number of thiazole rings is 1. The number of anilines is 1. The molecule has 7 heteroatoms. The first-order chi connectivity index (χ1) is 14.5. The zero-order chi connectivity index (χ0) is 21.1. The SMILES string of the molecule is CCN1C(=O)/C(=C/c2ccc(N(C)C)cc2)S/C1=N/c1nc(-c2ccccc2)cs1. The van der Waals surface area contributed by atoms with Gasteiger partial charge in [-0.2, -0.15) is 4.99 Å². The summed E-state index contributed by atoms with van der Waals surface area (Å²) in [6.45, 7) is 2.53. The summed E-state index contributed by atoms with van der Waals surface area (Å²) in [6.07, 6.45) is 1.93. The monoisotopic (exact) mass is 434 g/mol. The normalized spacial score (nSPS) is 16.6. The van der Waals surface area contributed by atoms with E-state index in [0.29, 0.717) is 21.7 Å². The molecule has 30 heavy (non-hydrogen) atoms. The Morgan fingerprint density at radius 3 is 2.50 bits per heavy atom. The van der Waals surface area contributed by atoms with Crippen LogP contribution in [0.4, 0.5) is 10.8 Å². The van der Waals surface area contributed by atoms with Gasteiger partial charge in [0.2, 0.25) is 5.13 Å². The Kier molecular flexibility index (Phi) is 6.01. The molecule has 1 aliphatic rings. The lowest BCUT2D eigenvalue weighted by atomic mass is 10.2. The van der Waals surface area contributed by atoms with Gasteiger partial charge in [0.25, 0.3) is 5.91 Å². The molecule has 1 amide bonds. The molecule has 0 saturated carbocycles. The van der Waals surface area contributed by atoms with Crippen LogP contribution >= 0.6 is 23.1 Å². The van der Waals surface area contributed by atoms with E-state index in [1.807, 2.05) is 92.0 Å². The number of amidine groups is 1. The Morgan fingerprint density at radius 1 is 1.10 bits per heavy atom. The molecular weight excluding hydrogens is 412 g/mol. The van der Waals surface area contributed by atoms with Gasteiger partial charge < -0.3 is 4.90 Å². The minimum atomic E-state index is -0.0159. The molecule has 1 aromatic heterocycles. The lowest BCUT2D eigenvalue weighted by molar-refractivity contribution is -0.122. The summed E-state index contributed by atoms with van der Waals surface area (Å²) in [5.41, 5.74) is 4.07. The van der Waals surface area contributed by atoms with E-state index < -0.39 is 0 Å². The predicted molar refractivity (Wildman–Crippen MR) is 128 cm³/mol. The third-order valence-electron chi connectivity index (χ3n) is 4.66. The minimum absolute atomic E-state index is 0.0159. The number of carbonyl (C=O) groups is 1. The number of aliphatic imine (C=N–C) groups is 1. The van der Waals surface area contributed by atoms with Crippen molar-refractivity contribution in [1.82, 2.24) is 9.88 Å². The van der Waals surface area contributed by atoms with Crippen molar-refractivity contribution in [3.05, 3.63) is 70.4 Å². The molecule has 152 valence electrons. The quantitative estimate of drug-likeness (QED) is 0.498. The molecule has 1 fully saturated rings. The molecule has 0 spiro atoms. The maximum Gasteiger partial charge on any atom is 0.266 e. The van der Waals surface area contributed by atoms with Crippen LogP contribution in [0, 0.1) is 0 Å². The number of hydrogen-bond acceptors (Lipinski definition) is 6. The first-order valence-electron chi connectivity index (χ1n) is 9.63. The van der Waals surface area contributed by atoms with Crippen LogP contribution in [-0.2, 0) is 4.79 Å². The number of aromatic nitrogens is 1. The highest BCUT2D eigenvalue weighted by Gasteiger charge is 2.32. The Morgan fingerprint density at radius 2 is 1.83 bits per heavy atom. The second kappa shape index (κ2) is 8.85.